The van der Waals surface area contributed by atoms with E-state index in [4.69, 9.17) is 0 Å². The Balaban J connectivity index is 2.48. The maximum absolute atomic E-state index is 3.14. The van der Waals surface area contributed by atoms with Crippen LogP contribution in [0.5, 0.6) is 0 Å². The third-order valence-electron chi connectivity index (χ3n) is 0.855. The summed E-state index contributed by atoms with van der Waals surface area (Å²) < 4.78 is 0. The molecule has 1 rings (SSSR count). The van der Waals surface area contributed by atoms with Gasteiger partial charge in [-0.15, -0.1) is 11.3 Å². The van der Waals surface area contributed by atoms with Gasteiger partial charge in [-0.1, -0.05) is 6.07 Å². The number of hydrogen-bond donors (Lipinski definition) is 0. The monoisotopic (exact) mass is 139 g/mol. The molecule has 0 N–H and O–H groups in total. The molecule has 0 saturated carbocycles. The Bertz CT molecular complexity index is 155. The summed E-state index contributed by atoms with van der Waals surface area (Å²) >= 11 is 1.70. The minimum Gasteiger partial charge on any atom is -0.295 e. The molecule has 0 spiro atoms. The van der Waals surface area contributed by atoms with E-state index in [9.17, 15) is 0 Å². The lowest BCUT2D eigenvalue weighted by Gasteiger charge is -2.03. The molecule has 1 nitrogen and oxygen atoms in total. The number of rotatable bonds is 2. The van der Waals surface area contributed by atoms with Gasteiger partial charge in [-0.25, -0.2) is 0 Å². The smallest absolute Gasteiger partial charge is 0.107 e. The summed E-state index contributed by atoms with van der Waals surface area (Å²) in [7, 11) is 3.94. The normalized spacial score (nSPS) is 10.6. The van der Waals surface area contributed by atoms with Crippen molar-refractivity contribution in [3.05, 3.63) is 28.9 Å². The van der Waals surface area contributed by atoms with Crippen molar-refractivity contribution in [1.29, 1.82) is 0 Å². The van der Waals surface area contributed by atoms with Crippen LogP contribution in [0.25, 0.3) is 0 Å². The van der Waals surface area contributed by atoms with Crippen molar-refractivity contribution >= 4 is 11.3 Å². The Morgan fingerprint density at radius 3 is 2.78 bits per heavy atom. The summed E-state index contributed by atoms with van der Waals surface area (Å²) in [4.78, 5) is 3.10. The number of hydrogen-bond acceptors (Lipinski definition) is 2. The van der Waals surface area contributed by atoms with Crippen molar-refractivity contribution in [3.8, 4) is 0 Å². The predicted octanol–water partition coefficient (Wildman–Crippen LogP) is 1.70. The van der Waals surface area contributed by atoms with Gasteiger partial charge in [-0.3, -0.25) is 4.90 Å². The molecular weight excluding hydrogens is 130 g/mol. The molecule has 0 aliphatic rings. The maximum atomic E-state index is 3.14. The minimum atomic E-state index is 1.18. The fourth-order valence-electron chi connectivity index (χ4n) is 0.563. The first-order valence-corrected chi connectivity index (χ1v) is 3.64. The molecule has 0 saturated heterocycles. The molecule has 1 aromatic heterocycles. The molecule has 0 bridgehead atoms. The van der Waals surface area contributed by atoms with Gasteiger partial charge in [0.1, 0.15) is 6.54 Å². The standard InChI is InChI=1S/C7H9NS/c1-8(2)6-7-4-3-5-9-7/h3-5H,1-2H3. The van der Waals surface area contributed by atoms with Crippen LogP contribution in [0.1, 0.15) is 4.88 Å². The van der Waals surface area contributed by atoms with Crippen LogP contribution < -0.4 is 0 Å². The second-order valence-electron chi connectivity index (χ2n) is 1.98. The van der Waals surface area contributed by atoms with E-state index in [-0.39, 0.29) is 0 Å². The van der Waals surface area contributed by atoms with Gasteiger partial charge in [-0.05, 0) is 25.5 Å². The molecule has 1 aromatic rings. The molecule has 0 fully saturated rings. The molecular formula is C7H9NS. The average Bonchev–Trinajstić information content (AvgIpc) is 2.15. The Hall–Kier alpha value is -0.340. The first-order chi connectivity index (χ1) is 4.29. The molecule has 48 valence electrons. The Kier molecular flexibility index (Phi) is 2.25. The third kappa shape index (κ3) is 2.16. The van der Waals surface area contributed by atoms with Crippen molar-refractivity contribution in [3.63, 3.8) is 0 Å². The summed E-state index contributed by atoms with van der Waals surface area (Å²) in [6, 6.07) is 4.07. The molecule has 0 aliphatic heterocycles. The molecule has 2 radical (unpaired) electrons. The van der Waals surface area contributed by atoms with Crippen molar-refractivity contribution in [2.45, 2.75) is 0 Å². The predicted molar refractivity (Wildman–Crippen MR) is 40.4 cm³/mol. The van der Waals surface area contributed by atoms with Gasteiger partial charge < -0.3 is 0 Å². The van der Waals surface area contributed by atoms with Gasteiger partial charge in [0.15, 0.2) is 0 Å². The van der Waals surface area contributed by atoms with Crippen molar-refractivity contribution in [2.24, 2.45) is 0 Å². The summed E-state index contributed by atoms with van der Waals surface area (Å²) in [5, 5.41) is 2.05. The minimum absolute atomic E-state index is 1.18. The zero-order valence-electron chi connectivity index (χ0n) is 5.59. The molecule has 1 heterocycles. The van der Waals surface area contributed by atoms with E-state index in [1.165, 1.54) is 4.88 Å². The van der Waals surface area contributed by atoms with Crippen LogP contribution in [0, 0.1) is 6.54 Å². The summed E-state index contributed by atoms with van der Waals surface area (Å²) in [6.07, 6.45) is 0. The summed E-state index contributed by atoms with van der Waals surface area (Å²) in [5.41, 5.74) is 0. The van der Waals surface area contributed by atoms with E-state index in [0.717, 1.165) is 0 Å². The van der Waals surface area contributed by atoms with Crippen LogP contribution in [0.4, 0.5) is 0 Å². The van der Waals surface area contributed by atoms with Crippen molar-refractivity contribution in [2.75, 3.05) is 14.1 Å². The number of nitrogens with zero attached hydrogens (tertiary/aromatic N) is 1. The second kappa shape index (κ2) is 2.99. The topological polar surface area (TPSA) is 3.24 Å². The van der Waals surface area contributed by atoms with Crippen LogP contribution in [-0.2, 0) is 0 Å². The van der Waals surface area contributed by atoms with Gasteiger partial charge in [0.05, 0.1) is 0 Å². The number of thiophene rings is 1. The Morgan fingerprint density at radius 1 is 1.56 bits per heavy atom. The first-order valence-electron chi connectivity index (χ1n) is 2.76. The van der Waals surface area contributed by atoms with Crippen LogP contribution in [0.3, 0.4) is 0 Å². The summed E-state index contributed by atoms with van der Waals surface area (Å²) in [6.45, 7) is 3.14. The zero-order valence-corrected chi connectivity index (χ0v) is 6.40. The largest absolute Gasteiger partial charge is 0.295 e. The van der Waals surface area contributed by atoms with Crippen LogP contribution in [0.2, 0.25) is 0 Å². The SMILES string of the molecule is CN(C)[C]c1cccs1. The van der Waals surface area contributed by atoms with E-state index < -0.39 is 0 Å². The van der Waals surface area contributed by atoms with E-state index >= 15 is 0 Å². The Labute approximate surface area is 59.9 Å². The lowest BCUT2D eigenvalue weighted by atomic mass is 10.4. The second-order valence-corrected chi connectivity index (χ2v) is 2.93. The highest BCUT2D eigenvalue weighted by molar-refractivity contribution is 7.10. The molecule has 0 atom stereocenters. The van der Waals surface area contributed by atoms with Gasteiger partial charge in [-0.2, -0.15) is 0 Å². The van der Waals surface area contributed by atoms with Gasteiger partial charge >= 0.3 is 0 Å². The molecule has 0 amide bonds. The lowest BCUT2D eigenvalue weighted by molar-refractivity contribution is 0.518. The quantitative estimate of drug-likeness (QED) is 0.564. The maximum Gasteiger partial charge on any atom is 0.107 e. The fraction of sp³-hybridized carbons (Fsp3) is 0.286. The lowest BCUT2D eigenvalue weighted by Crippen LogP contribution is -2.06. The third-order valence-corrected chi connectivity index (χ3v) is 1.63. The highest BCUT2D eigenvalue weighted by Gasteiger charge is 1.94. The Morgan fingerprint density at radius 2 is 2.33 bits per heavy atom. The van der Waals surface area contributed by atoms with Crippen LogP contribution in [0.15, 0.2) is 17.5 Å². The molecule has 0 aromatic carbocycles. The van der Waals surface area contributed by atoms with Crippen molar-refractivity contribution < 1.29 is 0 Å². The van der Waals surface area contributed by atoms with Crippen molar-refractivity contribution in [1.82, 2.24) is 4.90 Å². The average molecular weight is 139 g/mol. The van der Waals surface area contributed by atoms with E-state index in [1.54, 1.807) is 11.3 Å². The van der Waals surface area contributed by atoms with Gasteiger partial charge in [0.2, 0.25) is 0 Å². The zero-order chi connectivity index (χ0) is 6.69. The van der Waals surface area contributed by atoms with E-state index in [0.29, 0.717) is 0 Å². The molecule has 0 aliphatic carbocycles. The fourth-order valence-corrected chi connectivity index (χ4v) is 1.26. The van der Waals surface area contributed by atoms with E-state index in [2.05, 4.69) is 6.54 Å². The molecule has 9 heavy (non-hydrogen) atoms. The first kappa shape index (κ1) is 6.78. The van der Waals surface area contributed by atoms with Crippen LogP contribution in [-0.4, -0.2) is 19.0 Å². The van der Waals surface area contributed by atoms with Gasteiger partial charge in [0, 0.05) is 4.88 Å². The molecule has 2 heteroatoms. The van der Waals surface area contributed by atoms with Crippen LogP contribution >= 0.6 is 11.3 Å². The summed E-state index contributed by atoms with van der Waals surface area (Å²) in [5.74, 6) is 0. The highest BCUT2D eigenvalue weighted by Crippen LogP contribution is 2.10. The van der Waals surface area contributed by atoms with E-state index in [1.807, 2.05) is 36.5 Å². The highest BCUT2D eigenvalue weighted by atomic mass is 32.1. The van der Waals surface area contributed by atoms with Gasteiger partial charge in [0.25, 0.3) is 0 Å². The molecule has 0 unspecified atom stereocenters.